The Labute approximate surface area is 121 Å². The molecule has 4 nitrogen and oxygen atoms in total. The molecule has 20 heavy (non-hydrogen) atoms. The Morgan fingerprint density at radius 1 is 1.15 bits per heavy atom. The lowest BCUT2D eigenvalue weighted by atomic mass is 10.1. The summed E-state index contributed by atoms with van der Waals surface area (Å²) in [5.41, 5.74) is 5.44. The van der Waals surface area contributed by atoms with Crippen molar-refractivity contribution in [2.24, 2.45) is 0 Å². The van der Waals surface area contributed by atoms with Gasteiger partial charge in [0, 0.05) is 5.02 Å². The number of aromatic nitrogens is 2. The molecule has 3 aromatic rings. The van der Waals surface area contributed by atoms with E-state index in [2.05, 4.69) is 10.4 Å². The van der Waals surface area contributed by atoms with Crippen LogP contribution in [0.3, 0.4) is 0 Å². The number of hydrogen-bond donors (Lipinski definition) is 1. The highest BCUT2D eigenvalue weighted by atomic mass is 35.5. The third-order valence-corrected chi connectivity index (χ3v) is 3.23. The Morgan fingerprint density at radius 2 is 1.90 bits per heavy atom. The average molecular weight is 286 g/mol. The molecule has 1 amide bonds. The minimum absolute atomic E-state index is 0.101. The summed E-state index contributed by atoms with van der Waals surface area (Å²) in [6.07, 6.45) is 1.90. The molecule has 1 N–H and O–H groups in total. The van der Waals surface area contributed by atoms with Crippen LogP contribution in [0.5, 0.6) is 0 Å². The van der Waals surface area contributed by atoms with Crippen LogP contribution in [-0.2, 0) is 11.2 Å². The van der Waals surface area contributed by atoms with Gasteiger partial charge in [-0.15, -0.1) is 0 Å². The first-order chi connectivity index (χ1) is 9.72. The number of fused-ring (bicyclic) bond motifs is 1. The quantitative estimate of drug-likeness (QED) is 0.804. The predicted molar refractivity (Wildman–Crippen MR) is 79.3 cm³/mol. The van der Waals surface area contributed by atoms with E-state index >= 15 is 0 Å². The van der Waals surface area contributed by atoms with E-state index in [0.29, 0.717) is 11.4 Å². The van der Waals surface area contributed by atoms with Crippen LogP contribution in [-0.4, -0.2) is 15.6 Å². The molecule has 2 aromatic carbocycles. The topological polar surface area (TPSA) is 46.9 Å². The molecule has 0 aliphatic carbocycles. The number of nitrogens with zero attached hydrogens (tertiary/aromatic N) is 2. The summed E-state index contributed by atoms with van der Waals surface area (Å²) >= 11 is 5.82. The van der Waals surface area contributed by atoms with Crippen molar-refractivity contribution >= 4 is 28.5 Å². The fourth-order valence-electron chi connectivity index (χ4n) is 2.01. The minimum Gasteiger partial charge on any atom is -0.273 e. The number of carbonyl (C=O) groups excluding carboxylic acids is 1. The molecule has 0 unspecified atom stereocenters. The van der Waals surface area contributed by atoms with Gasteiger partial charge in [-0.2, -0.15) is 0 Å². The molecule has 0 spiro atoms. The van der Waals surface area contributed by atoms with Gasteiger partial charge in [0.25, 0.3) is 0 Å². The van der Waals surface area contributed by atoms with Crippen molar-refractivity contribution in [1.29, 1.82) is 0 Å². The van der Waals surface area contributed by atoms with E-state index in [0.717, 1.165) is 16.6 Å². The zero-order chi connectivity index (χ0) is 13.9. The van der Waals surface area contributed by atoms with E-state index in [-0.39, 0.29) is 5.91 Å². The number of para-hydroxylation sites is 2. The molecular weight excluding hydrogens is 274 g/mol. The number of benzene rings is 2. The number of imidazole rings is 1. The van der Waals surface area contributed by atoms with E-state index < -0.39 is 0 Å². The standard InChI is InChI=1S/C15H12ClN3O/c16-12-7-5-11(6-8-12)9-15(20)18-19-10-17-13-3-1-2-4-14(13)19/h1-8,10H,9H2,(H,18,20). The van der Waals surface area contributed by atoms with E-state index in [1.54, 1.807) is 23.1 Å². The normalized spacial score (nSPS) is 10.7. The second-order valence-corrected chi connectivity index (χ2v) is 4.88. The molecule has 0 atom stereocenters. The largest absolute Gasteiger partial charge is 0.273 e. The molecule has 0 bridgehead atoms. The number of hydrogen-bond acceptors (Lipinski definition) is 2. The maximum Gasteiger partial charge on any atom is 0.243 e. The van der Waals surface area contributed by atoms with Gasteiger partial charge in [0.05, 0.1) is 17.5 Å². The van der Waals surface area contributed by atoms with Gasteiger partial charge in [0.2, 0.25) is 5.91 Å². The van der Waals surface area contributed by atoms with Crippen molar-refractivity contribution in [2.75, 3.05) is 5.43 Å². The molecule has 0 fully saturated rings. The highest BCUT2D eigenvalue weighted by Gasteiger charge is 2.06. The van der Waals surface area contributed by atoms with Crippen molar-refractivity contribution < 1.29 is 4.79 Å². The van der Waals surface area contributed by atoms with Gasteiger partial charge < -0.3 is 0 Å². The number of nitrogens with one attached hydrogen (secondary N) is 1. The van der Waals surface area contributed by atoms with Crippen LogP contribution in [0.15, 0.2) is 54.9 Å². The molecule has 0 aliphatic rings. The van der Waals surface area contributed by atoms with E-state index in [1.807, 2.05) is 36.4 Å². The molecule has 5 heteroatoms. The first-order valence-corrected chi connectivity index (χ1v) is 6.56. The fraction of sp³-hybridized carbons (Fsp3) is 0.0667. The maximum absolute atomic E-state index is 12.0. The van der Waals surface area contributed by atoms with Gasteiger partial charge in [0.15, 0.2) is 0 Å². The second-order valence-electron chi connectivity index (χ2n) is 4.44. The van der Waals surface area contributed by atoms with Crippen LogP contribution in [0.1, 0.15) is 5.56 Å². The Bertz CT molecular complexity index is 749. The molecule has 1 aromatic heterocycles. The number of amides is 1. The number of halogens is 1. The number of rotatable bonds is 3. The van der Waals surface area contributed by atoms with Gasteiger partial charge in [-0.25, -0.2) is 9.66 Å². The van der Waals surface area contributed by atoms with Gasteiger partial charge in [-0.3, -0.25) is 10.2 Å². The average Bonchev–Trinajstić information content (AvgIpc) is 2.85. The summed E-state index contributed by atoms with van der Waals surface area (Å²) in [4.78, 5) is 16.2. The third kappa shape index (κ3) is 2.65. The van der Waals surface area contributed by atoms with Crippen molar-refractivity contribution in [1.82, 2.24) is 9.66 Å². The summed E-state index contributed by atoms with van der Waals surface area (Å²) in [5.74, 6) is -0.101. The predicted octanol–water partition coefficient (Wildman–Crippen LogP) is 3.00. The zero-order valence-electron chi connectivity index (χ0n) is 10.6. The highest BCUT2D eigenvalue weighted by molar-refractivity contribution is 6.30. The minimum atomic E-state index is -0.101. The first-order valence-electron chi connectivity index (χ1n) is 6.19. The summed E-state index contributed by atoms with van der Waals surface area (Å²) in [6.45, 7) is 0. The fourth-order valence-corrected chi connectivity index (χ4v) is 2.14. The molecular formula is C15H12ClN3O. The summed E-state index contributed by atoms with van der Waals surface area (Å²) in [5, 5.41) is 0.662. The van der Waals surface area contributed by atoms with E-state index in [1.165, 1.54) is 0 Å². The Kier molecular flexibility index (Phi) is 3.39. The van der Waals surface area contributed by atoms with Crippen LogP contribution >= 0.6 is 11.6 Å². The summed E-state index contributed by atoms with van der Waals surface area (Å²) in [7, 11) is 0. The van der Waals surface area contributed by atoms with Gasteiger partial charge in [0.1, 0.15) is 6.33 Å². The second kappa shape index (κ2) is 5.35. The van der Waals surface area contributed by atoms with Crippen LogP contribution in [0.2, 0.25) is 5.02 Å². The maximum atomic E-state index is 12.0. The lowest BCUT2D eigenvalue weighted by Crippen LogP contribution is -2.23. The van der Waals surface area contributed by atoms with Crippen LogP contribution in [0.25, 0.3) is 11.0 Å². The lowest BCUT2D eigenvalue weighted by Gasteiger charge is -2.07. The molecule has 1 heterocycles. The Hall–Kier alpha value is -2.33. The van der Waals surface area contributed by atoms with Gasteiger partial charge >= 0.3 is 0 Å². The lowest BCUT2D eigenvalue weighted by molar-refractivity contribution is -0.116. The SMILES string of the molecule is O=C(Cc1ccc(Cl)cc1)Nn1cnc2ccccc21. The van der Waals surface area contributed by atoms with Crippen molar-refractivity contribution in [3.8, 4) is 0 Å². The molecule has 0 aliphatic heterocycles. The molecule has 3 rings (SSSR count). The van der Waals surface area contributed by atoms with Crippen molar-refractivity contribution in [2.45, 2.75) is 6.42 Å². The Morgan fingerprint density at radius 3 is 2.70 bits per heavy atom. The third-order valence-electron chi connectivity index (χ3n) is 2.98. The van der Waals surface area contributed by atoms with Crippen LogP contribution in [0.4, 0.5) is 0 Å². The molecule has 0 saturated heterocycles. The van der Waals surface area contributed by atoms with Gasteiger partial charge in [-0.05, 0) is 29.8 Å². The summed E-state index contributed by atoms with van der Waals surface area (Å²) < 4.78 is 1.63. The highest BCUT2D eigenvalue weighted by Crippen LogP contribution is 2.12. The van der Waals surface area contributed by atoms with Gasteiger partial charge in [-0.1, -0.05) is 35.9 Å². The number of carbonyl (C=O) groups is 1. The van der Waals surface area contributed by atoms with Crippen LogP contribution in [0, 0.1) is 0 Å². The first kappa shape index (κ1) is 12.7. The molecule has 0 radical (unpaired) electrons. The smallest absolute Gasteiger partial charge is 0.243 e. The Balaban J connectivity index is 1.74. The molecule has 100 valence electrons. The van der Waals surface area contributed by atoms with E-state index in [9.17, 15) is 4.79 Å². The summed E-state index contributed by atoms with van der Waals surface area (Å²) in [6, 6.07) is 14.9. The van der Waals surface area contributed by atoms with Crippen LogP contribution < -0.4 is 5.43 Å². The monoisotopic (exact) mass is 285 g/mol. The zero-order valence-corrected chi connectivity index (χ0v) is 11.3. The van der Waals surface area contributed by atoms with E-state index in [4.69, 9.17) is 11.6 Å². The van der Waals surface area contributed by atoms with Crippen molar-refractivity contribution in [3.05, 3.63) is 65.4 Å². The molecule has 0 saturated carbocycles. The van der Waals surface area contributed by atoms with Crippen molar-refractivity contribution in [3.63, 3.8) is 0 Å².